The highest BCUT2D eigenvalue weighted by molar-refractivity contribution is 6.04. The van der Waals surface area contributed by atoms with Crippen LogP contribution in [0.15, 0.2) is 36.8 Å². The second-order valence-corrected chi connectivity index (χ2v) is 7.01. The minimum atomic E-state index is -0.579. The Bertz CT molecular complexity index is 965. The molecule has 0 aliphatic rings. The zero-order chi connectivity index (χ0) is 18.9. The first-order valence-electron chi connectivity index (χ1n) is 8.20. The number of imidazole rings is 1. The predicted octanol–water partition coefficient (Wildman–Crippen LogP) is 2.64. The first-order chi connectivity index (χ1) is 12.3. The van der Waals surface area contributed by atoms with Crippen molar-refractivity contribution in [2.75, 3.05) is 5.32 Å². The standard InChI is InChI=1S/C18H21N5O3/c1-12-15(23-8-6-5-7-14(23)20-12)16(24)21-13-9-19-22(10-13)11-26-17(25)18(2,3)4/h5-10H,11H2,1-4H3,(H,21,24). The Hall–Kier alpha value is -3.16. The van der Waals surface area contributed by atoms with Gasteiger partial charge in [0.05, 0.1) is 29.2 Å². The number of esters is 1. The molecule has 8 nitrogen and oxygen atoms in total. The van der Waals surface area contributed by atoms with Gasteiger partial charge in [0.1, 0.15) is 11.3 Å². The highest BCUT2D eigenvalue weighted by atomic mass is 16.5. The van der Waals surface area contributed by atoms with Crippen molar-refractivity contribution in [1.82, 2.24) is 19.2 Å². The lowest BCUT2D eigenvalue weighted by molar-refractivity contribution is -0.157. The van der Waals surface area contributed by atoms with Crippen molar-refractivity contribution in [3.8, 4) is 0 Å². The van der Waals surface area contributed by atoms with E-state index in [1.807, 2.05) is 18.2 Å². The van der Waals surface area contributed by atoms with Crippen LogP contribution < -0.4 is 5.32 Å². The molecule has 0 unspecified atom stereocenters. The summed E-state index contributed by atoms with van der Waals surface area (Å²) in [6.45, 7) is 7.12. The Morgan fingerprint density at radius 2 is 2.04 bits per heavy atom. The van der Waals surface area contributed by atoms with Gasteiger partial charge in [0, 0.05) is 6.20 Å². The van der Waals surface area contributed by atoms with Crippen molar-refractivity contribution < 1.29 is 14.3 Å². The third-order valence-corrected chi connectivity index (χ3v) is 3.75. The smallest absolute Gasteiger partial charge is 0.313 e. The zero-order valence-corrected chi connectivity index (χ0v) is 15.2. The maximum atomic E-state index is 12.6. The zero-order valence-electron chi connectivity index (χ0n) is 15.2. The molecule has 1 amide bonds. The molecule has 0 spiro atoms. The molecule has 0 saturated carbocycles. The quantitative estimate of drug-likeness (QED) is 0.727. The van der Waals surface area contributed by atoms with Gasteiger partial charge in [-0.25, -0.2) is 9.67 Å². The van der Waals surface area contributed by atoms with E-state index in [2.05, 4.69) is 15.4 Å². The predicted molar refractivity (Wildman–Crippen MR) is 95.7 cm³/mol. The van der Waals surface area contributed by atoms with Gasteiger partial charge in [-0.15, -0.1) is 0 Å². The number of pyridine rings is 1. The third-order valence-electron chi connectivity index (χ3n) is 3.75. The summed E-state index contributed by atoms with van der Waals surface area (Å²) in [5.74, 6) is -0.604. The summed E-state index contributed by atoms with van der Waals surface area (Å²) in [5.41, 5.74) is 1.74. The monoisotopic (exact) mass is 355 g/mol. The fourth-order valence-corrected chi connectivity index (χ4v) is 2.42. The molecule has 0 atom stereocenters. The van der Waals surface area contributed by atoms with E-state index in [0.717, 1.165) is 0 Å². The van der Waals surface area contributed by atoms with Crippen molar-refractivity contribution in [3.05, 3.63) is 48.2 Å². The van der Waals surface area contributed by atoms with Crippen LogP contribution in [0.5, 0.6) is 0 Å². The van der Waals surface area contributed by atoms with E-state index in [9.17, 15) is 9.59 Å². The topological polar surface area (TPSA) is 90.5 Å². The van der Waals surface area contributed by atoms with Crippen molar-refractivity contribution in [1.29, 1.82) is 0 Å². The van der Waals surface area contributed by atoms with Crippen LogP contribution in [0.3, 0.4) is 0 Å². The Balaban J connectivity index is 1.70. The number of carbonyl (C=O) groups excluding carboxylic acids is 2. The SMILES string of the molecule is Cc1nc2ccccn2c1C(=O)Nc1cnn(COC(=O)C(C)(C)C)c1. The van der Waals surface area contributed by atoms with Crippen LogP contribution in [-0.2, 0) is 16.3 Å². The van der Waals surface area contributed by atoms with Crippen LogP contribution in [0.4, 0.5) is 5.69 Å². The number of nitrogens with one attached hydrogen (secondary N) is 1. The number of anilines is 1. The maximum absolute atomic E-state index is 12.6. The highest BCUT2D eigenvalue weighted by Crippen LogP contribution is 2.17. The average Bonchev–Trinajstić information content (AvgIpc) is 3.14. The summed E-state index contributed by atoms with van der Waals surface area (Å²) < 4.78 is 8.38. The molecule has 1 N–H and O–H groups in total. The van der Waals surface area contributed by atoms with Gasteiger partial charge in [0.25, 0.3) is 5.91 Å². The van der Waals surface area contributed by atoms with E-state index in [-0.39, 0.29) is 18.6 Å². The number of nitrogens with zero attached hydrogens (tertiary/aromatic N) is 4. The Kier molecular flexibility index (Phi) is 4.50. The summed E-state index contributed by atoms with van der Waals surface area (Å²) in [6.07, 6.45) is 4.90. The molecule has 0 bridgehead atoms. The van der Waals surface area contributed by atoms with Crippen LogP contribution in [-0.4, -0.2) is 31.0 Å². The van der Waals surface area contributed by atoms with E-state index in [4.69, 9.17) is 4.74 Å². The number of rotatable bonds is 4. The number of hydrogen-bond acceptors (Lipinski definition) is 5. The molecule has 0 saturated heterocycles. The van der Waals surface area contributed by atoms with Gasteiger partial charge in [-0.2, -0.15) is 5.10 Å². The number of ether oxygens (including phenoxy) is 1. The molecule has 0 aliphatic carbocycles. The fourth-order valence-electron chi connectivity index (χ4n) is 2.42. The normalized spacial score (nSPS) is 11.5. The van der Waals surface area contributed by atoms with Crippen LogP contribution in [0.1, 0.15) is 37.0 Å². The second-order valence-electron chi connectivity index (χ2n) is 7.01. The number of amides is 1. The summed E-state index contributed by atoms with van der Waals surface area (Å²) in [6, 6.07) is 5.55. The molecule has 0 radical (unpaired) electrons. The average molecular weight is 355 g/mol. The summed E-state index contributed by atoms with van der Waals surface area (Å²) >= 11 is 0. The summed E-state index contributed by atoms with van der Waals surface area (Å²) in [7, 11) is 0. The molecule has 3 aromatic rings. The number of fused-ring (bicyclic) bond motifs is 1. The van der Waals surface area contributed by atoms with Gasteiger partial charge < -0.3 is 10.1 Å². The molecule has 3 aromatic heterocycles. The molecule has 3 rings (SSSR count). The molecular formula is C18H21N5O3. The summed E-state index contributed by atoms with van der Waals surface area (Å²) in [4.78, 5) is 28.8. The molecule has 26 heavy (non-hydrogen) atoms. The van der Waals surface area contributed by atoms with E-state index in [1.54, 1.807) is 44.5 Å². The van der Waals surface area contributed by atoms with Crippen LogP contribution in [0, 0.1) is 12.3 Å². The Morgan fingerprint density at radius 3 is 2.77 bits per heavy atom. The minimum Gasteiger partial charge on any atom is -0.442 e. The second kappa shape index (κ2) is 6.62. The molecule has 3 heterocycles. The molecule has 0 fully saturated rings. The third kappa shape index (κ3) is 3.58. The molecule has 136 valence electrons. The highest BCUT2D eigenvalue weighted by Gasteiger charge is 2.23. The Morgan fingerprint density at radius 1 is 1.27 bits per heavy atom. The van der Waals surface area contributed by atoms with Gasteiger partial charge in [-0.3, -0.25) is 14.0 Å². The lowest BCUT2D eigenvalue weighted by atomic mass is 9.98. The fraction of sp³-hybridized carbons (Fsp3) is 0.333. The van der Waals surface area contributed by atoms with Crippen molar-refractivity contribution in [3.63, 3.8) is 0 Å². The van der Waals surface area contributed by atoms with E-state index >= 15 is 0 Å². The van der Waals surface area contributed by atoms with Crippen molar-refractivity contribution in [2.45, 2.75) is 34.4 Å². The van der Waals surface area contributed by atoms with Crippen molar-refractivity contribution >= 4 is 23.2 Å². The van der Waals surface area contributed by atoms with E-state index < -0.39 is 5.41 Å². The maximum Gasteiger partial charge on any atom is 0.313 e. The van der Waals surface area contributed by atoms with Gasteiger partial charge in [0.15, 0.2) is 6.73 Å². The van der Waals surface area contributed by atoms with Crippen molar-refractivity contribution in [2.24, 2.45) is 5.41 Å². The molecule has 0 aromatic carbocycles. The lowest BCUT2D eigenvalue weighted by Crippen LogP contribution is -2.24. The number of hydrogen-bond donors (Lipinski definition) is 1. The molecule has 8 heteroatoms. The first-order valence-corrected chi connectivity index (χ1v) is 8.20. The first kappa shape index (κ1) is 17.7. The van der Waals surface area contributed by atoms with E-state index in [0.29, 0.717) is 22.7 Å². The Labute approximate surface area is 150 Å². The van der Waals surface area contributed by atoms with Crippen LogP contribution in [0.25, 0.3) is 5.65 Å². The van der Waals surface area contributed by atoms with Crippen LogP contribution in [0.2, 0.25) is 0 Å². The van der Waals surface area contributed by atoms with Gasteiger partial charge in [0.2, 0.25) is 0 Å². The molecular weight excluding hydrogens is 334 g/mol. The van der Waals surface area contributed by atoms with Crippen LogP contribution >= 0.6 is 0 Å². The number of aryl methyl sites for hydroxylation is 1. The van der Waals surface area contributed by atoms with Gasteiger partial charge >= 0.3 is 5.97 Å². The largest absolute Gasteiger partial charge is 0.442 e. The minimum absolute atomic E-state index is 0.0133. The van der Waals surface area contributed by atoms with Gasteiger partial charge in [-0.05, 0) is 39.8 Å². The lowest BCUT2D eigenvalue weighted by Gasteiger charge is -2.16. The van der Waals surface area contributed by atoms with E-state index in [1.165, 1.54) is 10.9 Å². The number of carbonyl (C=O) groups is 2. The summed E-state index contributed by atoms with van der Waals surface area (Å²) in [5, 5.41) is 6.88. The van der Waals surface area contributed by atoms with Gasteiger partial charge in [-0.1, -0.05) is 6.07 Å². The number of aromatic nitrogens is 4. The molecule has 0 aliphatic heterocycles.